The molecule has 0 spiro atoms. The third-order valence-electron chi connectivity index (χ3n) is 4.13. The summed E-state index contributed by atoms with van der Waals surface area (Å²) < 4.78 is 2.59. The fourth-order valence-corrected chi connectivity index (χ4v) is 2.72. The van der Waals surface area contributed by atoms with E-state index in [1.54, 1.807) is 7.05 Å². The fourth-order valence-electron chi connectivity index (χ4n) is 2.72. The van der Waals surface area contributed by atoms with Gasteiger partial charge in [-0.05, 0) is 18.4 Å². The van der Waals surface area contributed by atoms with Gasteiger partial charge in [0.25, 0.3) is 5.91 Å². The second kappa shape index (κ2) is 5.83. The van der Waals surface area contributed by atoms with Crippen LogP contribution in [0.3, 0.4) is 0 Å². The number of hydrogen-bond acceptors (Lipinski definition) is 4. The molecule has 1 aliphatic rings. The molecule has 1 unspecified atom stereocenters. The van der Waals surface area contributed by atoms with Gasteiger partial charge in [0.1, 0.15) is 6.04 Å². The average molecular weight is 314 g/mol. The predicted octanol–water partition coefficient (Wildman–Crippen LogP) is 0.789. The first-order chi connectivity index (χ1) is 11.0. The standard InChI is InChI=1S/C16H18N4O3/c1-3-10-4-6-11(7-5-10)14-18-20(16(23)19(14)2)12-8-9-13(21)17-15(12)22/h4-7,12H,3,8-9H2,1-2H3,(H,17,21,22). The lowest BCUT2D eigenvalue weighted by atomic mass is 10.1. The normalized spacial score (nSPS) is 18.1. The monoisotopic (exact) mass is 314 g/mol. The van der Waals surface area contributed by atoms with Gasteiger partial charge in [-0.25, -0.2) is 9.48 Å². The second-order valence-corrected chi connectivity index (χ2v) is 5.63. The molecule has 1 N–H and O–H groups in total. The molecule has 0 bridgehead atoms. The molecule has 7 heteroatoms. The molecule has 0 saturated carbocycles. The summed E-state index contributed by atoms with van der Waals surface area (Å²) in [7, 11) is 1.63. The van der Waals surface area contributed by atoms with Gasteiger partial charge in [0.15, 0.2) is 5.82 Å². The maximum absolute atomic E-state index is 12.4. The second-order valence-electron chi connectivity index (χ2n) is 5.63. The van der Waals surface area contributed by atoms with E-state index in [4.69, 9.17) is 0 Å². The van der Waals surface area contributed by atoms with Crippen molar-refractivity contribution in [3.8, 4) is 11.4 Å². The Kier molecular flexibility index (Phi) is 3.85. The van der Waals surface area contributed by atoms with E-state index >= 15 is 0 Å². The quantitative estimate of drug-likeness (QED) is 0.849. The third kappa shape index (κ3) is 2.69. The molecule has 7 nitrogen and oxygen atoms in total. The predicted molar refractivity (Wildman–Crippen MR) is 83.7 cm³/mol. The van der Waals surface area contributed by atoms with Gasteiger partial charge in [0.05, 0.1) is 0 Å². The molecule has 2 heterocycles. The third-order valence-corrected chi connectivity index (χ3v) is 4.13. The number of hydrogen-bond donors (Lipinski definition) is 1. The van der Waals surface area contributed by atoms with Gasteiger partial charge in [-0.15, -0.1) is 5.10 Å². The smallest absolute Gasteiger partial charge is 0.295 e. The minimum Gasteiger partial charge on any atom is -0.295 e. The van der Waals surface area contributed by atoms with E-state index in [0.717, 1.165) is 12.0 Å². The highest BCUT2D eigenvalue weighted by atomic mass is 16.2. The van der Waals surface area contributed by atoms with Crippen molar-refractivity contribution in [1.29, 1.82) is 0 Å². The van der Waals surface area contributed by atoms with E-state index in [1.807, 2.05) is 24.3 Å². The summed E-state index contributed by atoms with van der Waals surface area (Å²) in [5.74, 6) is -0.290. The molecule has 1 aromatic heterocycles. The van der Waals surface area contributed by atoms with Crippen LogP contribution in [0.4, 0.5) is 0 Å². The van der Waals surface area contributed by atoms with E-state index in [1.165, 1.54) is 14.8 Å². The number of aromatic nitrogens is 3. The van der Waals surface area contributed by atoms with E-state index in [2.05, 4.69) is 17.3 Å². The van der Waals surface area contributed by atoms with Gasteiger partial charge in [-0.1, -0.05) is 31.2 Å². The molecule has 2 aromatic rings. The first kappa shape index (κ1) is 15.2. The van der Waals surface area contributed by atoms with Crippen LogP contribution >= 0.6 is 0 Å². The molecule has 1 atom stereocenters. The highest BCUT2D eigenvalue weighted by Gasteiger charge is 2.31. The number of nitrogens with zero attached hydrogens (tertiary/aromatic N) is 3. The zero-order chi connectivity index (χ0) is 16.6. The lowest BCUT2D eigenvalue weighted by molar-refractivity contribution is -0.136. The van der Waals surface area contributed by atoms with Gasteiger partial charge in [0, 0.05) is 19.0 Å². The van der Waals surface area contributed by atoms with E-state index in [9.17, 15) is 14.4 Å². The molecular formula is C16H18N4O3. The number of carbonyl (C=O) groups is 2. The van der Waals surface area contributed by atoms with Crippen molar-refractivity contribution in [1.82, 2.24) is 19.7 Å². The summed E-state index contributed by atoms with van der Waals surface area (Å²) >= 11 is 0. The van der Waals surface area contributed by atoms with Crippen LogP contribution in [0.25, 0.3) is 11.4 Å². The van der Waals surface area contributed by atoms with Crippen LogP contribution < -0.4 is 11.0 Å². The van der Waals surface area contributed by atoms with Crippen molar-refractivity contribution in [3.63, 3.8) is 0 Å². The zero-order valence-corrected chi connectivity index (χ0v) is 13.1. The molecule has 1 fully saturated rings. The highest BCUT2D eigenvalue weighted by Crippen LogP contribution is 2.20. The van der Waals surface area contributed by atoms with E-state index < -0.39 is 11.9 Å². The highest BCUT2D eigenvalue weighted by molar-refractivity contribution is 5.99. The van der Waals surface area contributed by atoms with Gasteiger partial charge in [0.2, 0.25) is 5.91 Å². The van der Waals surface area contributed by atoms with Crippen LogP contribution in [0, 0.1) is 0 Å². The topological polar surface area (TPSA) is 86.0 Å². The van der Waals surface area contributed by atoms with Crippen molar-refractivity contribution < 1.29 is 9.59 Å². The number of imide groups is 1. The van der Waals surface area contributed by atoms with Gasteiger partial charge >= 0.3 is 5.69 Å². The molecule has 0 radical (unpaired) electrons. The zero-order valence-electron chi connectivity index (χ0n) is 13.1. The van der Waals surface area contributed by atoms with E-state index in [-0.39, 0.29) is 24.4 Å². The van der Waals surface area contributed by atoms with Crippen LogP contribution in [-0.2, 0) is 23.1 Å². The molecule has 23 heavy (non-hydrogen) atoms. The molecule has 1 saturated heterocycles. The summed E-state index contributed by atoms with van der Waals surface area (Å²) in [4.78, 5) is 35.6. The van der Waals surface area contributed by atoms with Crippen LogP contribution in [0.2, 0.25) is 0 Å². The molecule has 0 aliphatic carbocycles. The Labute approximate surface area is 132 Å². The van der Waals surface area contributed by atoms with Gasteiger partial charge in [-0.3, -0.25) is 19.5 Å². The Balaban J connectivity index is 1.99. The summed E-state index contributed by atoms with van der Waals surface area (Å²) in [6.07, 6.45) is 1.43. The van der Waals surface area contributed by atoms with Crippen molar-refractivity contribution in [2.75, 3.05) is 0 Å². The molecule has 1 aliphatic heterocycles. The number of nitrogens with one attached hydrogen (secondary N) is 1. The van der Waals surface area contributed by atoms with Gasteiger partial charge < -0.3 is 0 Å². The fraction of sp³-hybridized carbons (Fsp3) is 0.375. The molecule has 1 aromatic carbocycles. The summed E-state index contributed by atoms with van der Waals surface area (Å²) in [6.45, 7) is 2.07. The number of benzene rings is 1. The Morgan fingerprint density at radius 2 is 1.91 bits per heavy atom. The van der Waals surface area contributed by atoms with Crippen LogP contribution in [-0.4, -0.2) is 26.2 Å². The Morgan fingerprint density at radius 1 is 1.22 bits per heavy atom. The number of carbonyl (C=O) groups excluding carboxylic acids is 2. The minimum absolute atomic E-state index is 0.208. The van der Waals surface area contributed by atoms with E-state index in [0.29, 0.717) is 5.82 Å². The molecule has 2 amide bonds. The Hall–Kier alpha value is -2.70. The molecular weight excluding hydrogens is 296 g/mol. The molecule has 120 valence electrons. The SMILES string of the molecule is CCc1ccc(-c2nn(C3CCC(=O)NC3=O)c(=O)n2C)cc1. The van der Waals surface area contributed by atoms with Crippen LogP contribution in [0.15, 0.2) is 29.1 Å². The Morgan fingerprint density at radius 3 is 2.52 bits per heavy atom. The Bertz CT molecular complexity index is 817. The lowest BCUT2D eigenvalue weighted by Crippen LogP contribution is -2.44. The van der Waals surface area contributed by atoms with Crippen LogP contribution in [0.5, 0.6) is 0 Å². The maximum atomic E-state index is 12.4. The van der Waals surface area contributed by atoms with Crippen molar-refractivity contribution in [2.24, 2.45) is 7.05 Å². The van der Waals surface area contributed by atoms with Gasteiger partial charge in [-0.2, -0.15) is 0 Å². The largest absolute Gasteiger partial charge is 0.346 e. The summed E-state index contributed by atoms with van der Waals surface area (Å²) in [6, 6.07) is 7.07. The summed E-state index contributed by atoms with van der Waals surface area (Å²) in [5.41, 5.74) is 1.64. The summed E-state index contributed by atoms with van der Waals surface area (Å²) in [5, 5.41) is 6.58. The number of rotatable bonds is 3. The van der Waals surface area contributed by atoms with Crippen molar-refractivity contribution in [2.45, 2.75) is 32.2 Å². The molecule has 3 rings (SSSR count). The maximum Gasteiger partial charge on any atom is 0.346 e. The average Bonchev–Trinajstić information content (AvgIpc) is 2.84. The minimum atomic E-state index is -0.741. The van der Waals surface area contributed by atoms with Crippen molar-refractivity contribution in [3.05, 3.63) is 40.3 Å². The number of piperidine rings is 1. The van der Waals surface area contributed by atoms with Crippen LogP contribution in [0.1, 0.15) is 31.4 Å². The number of amides is 2. The van der Waals surface area contributed by atoms with Crippen molar-refractivity contribution >= 4 is 11.8 Å². The number of aryl methyl sites for hydroxylation is 1. The first-order valence-electron chi connectivity index (χ1n) is 7.59. The lowest BCUT2D eigenvalue weighted by Gasteiger charge is -2.19. The first-order valence-corrected chi connectivity index (χ1v) is 7.59.